The number of hydrogen-bond acceptors (Lipinski definition) is 4. The van der Waals surface area contributed by atoms with Gasteiger partial charge in [-0.05, 0) is 25.3 Å². The molecule has 0 aliphatic heterocycles. The molecule has 0 aliphatic carbocycles. The molecule has 0 saturated heterocycles. The first-order chi connectivity index (χ1) is 11.7. The van der Waals surface area contributed by atoms with Gasteiger partial charge in [-0.2, -0.15) is 0 Å². The Morgan fingerprint density at radius 2 is 1.54 bits per heavy atom. The third-order valence-electron chi connectivity index (χ3n) is 3.65. The fourth-order valence-corrected chi connectivity index (χ4v) is 4.37. The third kappa shape index (κ3) is 3.27. The van der Waals surface area contributed by atoms with Crippen molar-refractivity contribution in [2.24, 2.45) is 0 Å². The summed E-state index contributed by atoms with van der Waals surface area (Å²) in [5, 5.41) is 1.75. The van der Waals surface area contributed by atoms with Crippen molar-refractivity contribution in [2.75, 3.05) is 13.2 Å². The largest absolute Gasteiger partial charge is 0.380 e. The Kier molecular flexibility index (Phi) is 5.10. The van der Waals surface area contributed by atoms with Gasteiger partial charge in [0, 0.05) is 10.9 Å². The minimum Gasteiger partial charge on any atom is -0.304 e. The van der Waals surface area contributed by atoms with Crippen LogP contribution >= 0.6 is 7.60 Å². The molecule has 0 unspecified atom stereocenters. The molecular weight excluding hydrogens is 321 g/mol. The maximum Gasteiger partial charge on any atom is 0.380 e. The van der Waals surface area contributed by atoms with E-state index in [1.165, 1.54) is 0 Å². The van der Waals surface area contributed by atoms with Crippen LogP contribution in [0.15, 0.2) is 60.7 Å². The summed E-state index contributed by atoms with van der Waals surface area (Å²) < 4.78 is 24.4. The van der Waals surface area contributed by atoms with E-state index in [4.69, 9.17) is 9.05 Å². The Labute approximate surface area is 142 Å². The van der Waals surface area contributed by atoms with Crippen LogP contribution in [0, 0.1) is 0 Å². The normalized spacial score (nSPS) is 11.8. The van der Waals surface area contributed by atoms with E-state index in [2.05, 4.69) is 4.98 Å². The molecule has 3 rings (SSSR count). The summed E-state index contributed by atoms with van der Waals surface area (Å²) in [4.78, 5) is 4.67. The Balaban J connectivity index is 2.27. The van der Waals surface area contributed by atoms with Crippen LogP contribution in [0.3, 0.4) is 0 Å². The lowest BCUT2D eigenvalue weighted by atomic mass is 10.1. The van der Waals surface area contributed by atoms with Crippen LogP contribution in [0.1, 0.15) is 13.8 Å². The van der Waals surface area contributed by atoms with Crippen LogP contribution < -0.4 is 5.44 Å². The van der Waals surface area contributed by atoms with Gasteiger partial charge in [-0.3, -0.25) is 4.57 Å². The van der Waals surface area contributed by atoms with Crippen molar-refractivity contribution in [1.82, 2.24) is 4.98 Å². The molecule has 0 saturated carbocycles. The zero-order chi connectivity index (χ0) is 17.0. The third-order valence-corrected chi connectivity index (χ3v) is 5.70. The van der Waals surface area contributed by atoms with Crippen LogP contribution in [-0.2, 0) is 13.6 Å². The van der Waals surface area contributed by atoms with E-state index in [0.29, 0.717) is 18.6 Å². The average Bonchev–Trinajstić information content (AvgIpc) is 2.62. The van der Waals surface area contributed by atoms with Crippen molar-refractivity contribution < 1.29 is 13.6 Å². The molecule has 5 heteroatoms. The molecule has 124 valence electrons. The van der Waals surface area contributed by atoms with Gasteiger partial charge in [0.15, 0.2) is 5.44 Å². The Morgan fingerprint density at radius 1 is 0.917 bits per heavy atom. The number of rotatable bonds is 6. The van der Waals surface area contributed by atoms with E-state index in [-0.39, 0.29) is 0 Å². The topological polar surface area (TPSA) is 48.4 Å². The van der Waals surface area contributed by atoms with Gasteiger partial charge in [-0.25, -0.2) is 4.98 Å². The van der Waals surface area contributed by atoms with E-state index < -0.39 is 7.60 Å². The molecule has 0 fully saturated rings. The number of fused-ring (bicyclic) bond motifs is 1. The number of hydrogen-bond donors (Lipinski definition) is 0. The molecule has 24 heavy (non-hydrogen) atoms. The van der Waals surface area contributed by atoms with Crippen molar-refractivity contribution in [3.63, 3.8) is 0 Å². The molecule has 0 amide bonds. The average molecular weight is 341 g/mol. The van der Waals surface area contributed by atoms with Gasteiger partial charge in [0.2, 0.25) is 0 Å². The molecule has 0 spiro atoms. The first kappa shape index (κ1) is 16.8. The Morgan fingerprint density at radius 3 is 2.21 bits per heavy atom. The first-order valence-electron chi connectivity index (χ1n) is 8.03. The molecule has 0 N–H and O–H groups in total. The smallest absolute Gasteiger partial charge is 0.304 e. The molecule has 3 aromatic rings. The van der Waals surface area contributed by atoms with Crippen LogP contribution in [0.2, 0.25) is 0 Å². The minimum absolute atomic E-state index is 0.294. The second-order valence-corrected chi connectivity index (χ2v) is 7.19. The lowest BCUT2D eigenvalue weighted by Gasteiger charge is -2.19. The van der Waals surface area contributed by atoms with Crippen molar-refractivity contribution in [2.45, 2.75) is 13.8 Å². The highest BCUT2D eigenvalue weighted by Gasteiger charge is 2.31. The summed E-state index contributed by atoms with van der Waals surface area (Å²) in [6.45, 7) is 4.19. The van der Waals surface area contributed by atoms with Crippen LogP contribution in [0.5, 0.6) is 0 Å². The molecule has 4 nitrogen and oxygen atoms in total. The molecule has 0 radical (unpaired) electrons. The predicted octanol–water partition coefficient (Wildman–Crippen LogP) is 4.79. The van der Waals surface area contributed by atoms with Crippen molar-refractivity contribution in [3.05, 3.63) is 60.7 Å². The maximum atomic E-state index is 13.3. The van der Waals surface area contributed by atoms with E-state index >= 15 is 0 Å². The highest BCUT2D eigenvalue weighted by molar-refractivity contribution is 7.62. The van der Waals surface area contributed by atoms with Crippen molar-refractivity contribution in [1.29, 1.82) is 0 Å². The molecule has 1 heterocycles. The van der Waals surface area contributed by atoms with E-state index in [1.807, 2.05) is 60.7 Å². The fourth-order valence-electron chi connectivity index (χ4n) is 2.65. The zero-order valence-electron chi connectivity index (χ0n) is 13.8. The molecular formula is C19H20NO3P. The number of aromatic nitrogens is 1. The fraction of sp³-hybridized carbons (Fsp3) is 0.211. The van der Waals surface area contributed by atoms with E-state index in [9.17, 15) is 4.57 Å². The van der Waals surface area contributed by atoms with Gasteiger partial charge in [0.1, 0.15) is 0 Å². The number of benzene rings is 2. The molecule has 0 atom stereocenters. The molecule has 0 bridgehead atoms. The summed E-state index contributed by atoms with van der Waals surface area (Å²) in [5.41, 5.74) is 2.09. The van der Waals surface area contributed by atoms with Gasteiger partial charge < -0.3 is 9.05 Å². The Bertz CT molecular complexity index is 870. The van der Waals surface area contributed by atoms with Crippen molar-refractivity contribution in [3.8, 4) is 11.3 Å². The standard InChI is InChI=1S/C19H20NO3P/c1-3-22-24(21,23-4-2)19-17-13-9-8-12-16(17)14-18(20-19)15-10-6-5-7-11-15/h5-14H,3-4H2,1-2H3. The zero-order valence-corrected chi connectivity index (χ0v) is 14.7. The van der Waals surface area contributed by atoms with E-state index in [0.717, 1.165) is 22.0 Å². The van der Waals surface area contributed by atoms with Gasteiger partial charge in [0.05, 0.1) is 18.9 Å². The van der Waals surface area contributed by atoms with Crippen LogP contribution in [0.25, 0.3) is 22.0 Å². The SMILES string of the molecule is CCOP(=O)(OCC)c1nc(-c2ccccc2)cc2ccccc12. The predicted molar refractivity (Wildman–Crippen MR) is 97.7 cm³/mol. The summed E-state index contributed by atoms with van der Waals surface area (Å²) in [6.07, 6.45) is 0. The minimum atomic E-state index is -3.48. The Hall–Kier alpha value is -2.00. The molecule has 2 aromatic carbocycles. The molecule has 0 aliphatic rings. The quantitative estimate of drug-likeness (QED) is 0.605. The summed E-state index contributed by atoms with van der Waals surface area (Å²) >= 11 is 0. The maximum absolute atomic E-state index is 13.3. The second kappa shape index (κ2) is 7.27. The van der Waals surface area contributed by atoms with Crippen LogP contribution in [-0.4, -0.2) is 18.2 Å². The number of pyridine rings is 1. The van der Waals surface area contributed by atoms with Gasteiger partial charge in [-0.15, -0.1) is 0 Å². The van der Waals surface area contributed by atoms with Crippen molar-refractivity contribution >= 4 is 23.8 Å². The summed E-state index contributed by atoms with van der Waals surface area (Å²) in [5.74, 6) is 0. The summed E-state index contributed by atoms with van der Waals surface area (Å²) in [7, 11) is -3.48. The first-order valence-corrected chi connectivity index (χ1v) is 9.57. The lowest BCUT2D eigenvalue weighted by molar-refractivity contribution is 0.229. The highest BCUT2D eigenvalue weighted by atomic mass is 31.2. The number of nitrogens with zero attached hydrogens (tertiary/aromatic N) is 1. The van der Waals surface area contributed by atoms with E-state index in [1.54, 1.807) is 13.8 Å². The second-order valence-electron chi connectivity index (χ2n) is 5.25. The molecule has 1 aromatic heterocycles. The summed E-state index contributed by atoms with van der Waals surface area (Å²) in [6, 6.07) is 19.6. The lowest BCUT2D eigenvalue weighted by Crippen LogP contribution is -2.16. The van der Waals surface area contributed by atoms with Gasteiger partial charge in [-0.1, -0.05) is 54.6 Å². The highest BCUT2D eigenvalue weighted by Crippen LogP contribution is 2.48. The van der Waals surface area contributed by atoms with Gasteiger partial charge in [0.25, 0.3) is 0 Å². The monoisotopic (exact) mass is 341 g/mol. The van der Waals surface area contributed by atoms with Gasteiger partial charge >= 0.3 is 7.60 Å². The van der Waals surface area contributed by atoms with Crippen LogP contribution in [0.4, 0.5) is 0 Å².